The van der Waals surface area contributed by atoms with Crippen molar-refractivity contribution >= 4 is 17.4 Å². The highest BCUT2D eigenvalue weighted by Gasteiger charge is 2.36. The van der Waals surface area contributed by atoms with E-state index in [1.807, 2.05) is 0 Å². The van der Waals surface area contributed by atoms with E-state index >= 15 is 4.39 Å². The van der Waals surface area contributed by atoms with Crippen LogP contribution in [0.1, 0.15) is 35.3 Å². The zero-order chi connectivity index (χ0) is 28.1. The molecule has 11 heteroatoms. The number of anilines is 1. The number of hydrogen-bond donors (Lipinski definition) is 2. The minimum atomic E-state index is -4.87. The summed E-state index contributed by atoms with van der Waals surface area (Å²) >= 11 is 0. The van der Waals surface area contributed by atoms with Gasteiger partial charge in [-0.3, -0.25) is 13.9 Å². The van der Waals surface area contributed by atoms with Gasteiger partial charge in [0.2, 0.25) is 0 Å². The van der Waals surface area contributed by atoms with E-state index in [4.69, 9.17) is 0 Å². The third kappa shape index (κ3) is 5.00. The number of halogens is 4. The number of pyridine rings is 1. The van der Waals surface area contributed by atoms with Crippen molar-refractivity contribution in [3.63, 3.8) is 0 Å². The van der Waals surface area contributed by atoms with Crippen molar-refractivity contribution in [3.05, 3.63) is 95.6 Å². The first-order valence-electron chi connectivity index (χ1n) is 11.9. The summed E-state index contributed by atoms with van der Waals surface area (Å²) in [6, 6.07) is 14.7. The molecule has 0 saturated carbocycles. The van der Waals surface area contributed by atoms with E-state index < -0.39 is 40.2 Å². The van der Waals surface area contributed by atoms with E-state index in [0.29, 0.717) is 28.5 Å². The monoisotopic (exact) mass is 537 g/mol. The minimum absolute atomic E-state index is 0.0576. The number of hydrogen-bond acceptors (Lipinski definition) is 4. The van der Waals surface area contributed by atoms with Gasteiger partial charge in [0.1, 0.15) is 23.0 Å². The van der Waals surface area contributed by atoms with Gasteiger partial charge in [-0.05, 0) is 49.7 Å². The summed E-state index contributed by atoms with van der Waals surface area (Å²) in [6.45, 7) is 3.24. The number of fused-ring (bicyclic) bond motifs is 1. The van der Waals surface area contributed by atoms with E-state index in [1.54, 1.807) is 66.9 Å². The Labute approximate surface area is 220 Å². The second kappa shape index (κ2) is 9.35. The van der Waals surface area contributed by atoms with E-state index in [1.165, 1.54) is 24.0 Å². The van der Waals surface area contributed by atoms with Crippen LogP contribution in [-0.4, -0.2) is 30.2 Å². The zero-order valence-electron chi connectivity index (χ0n) is 21.1. The van der Waals surface area contributed by atoms with E-state index in [0.717, 1.165) is 6.07 Å². The Morgan fingerprint density at radius 3 is 2.33 bits per heavy atom. The number of nitrogens with zero attached hydrogens (tertiary/aromatic N) is 4. The Balaban J connectivity index is 1.64. The second-order valence-electron chi connectivity index (χ2n) is 9.58. The number of nitrogens with one attached hydrogen (secondary N) is 1. The molecule has 0 aliphatic carbocycles. The molecule has 7 nitrogen and oxygen atoms in total. The maximum Gasteiger partial charge on any atom is 0.417 e. The summed E-state index contributed by atoms with van der Waals surface area (Å²) in [4.78, 5) is 18.0. The lowest BCUT2D eigenvalue weighted by molar-refractivity contribution is -0.137. The molecule has 3 aromatic heterocycles. The summed E-state index contributed by atoms with van der Waals surface area (Å²) < 4.78 is 59.2. The van der Waals surface area contributed by atoms with Crippen LogP contribution in [0.15, 0.2) is 73.1 Å². The lowest BCUT2D eigenvalue weighted by atomic mass is 9.99. The van der Waals surface area contributed by atoms with Crippen LogP contribution in [0.25, 0.3) is 28.2 Å². The fraction of sp³-hybridized carbons (Fsp3) is 0.179. The third-order valence-corrected chi connectivity index (χ3v) is 6.26. The number of carbonyl (C=O) groups excluding carboxylic acids is 1. The van der Waals surface area contributed by atoms with Crippen molar-refractivity contribution in [1.82, 2.24) is 19.2 Å². The van der Waals surface area contributed by atoms with Gasteiger partial charge in [-0.2, -0.15) is 18.3 Å². The van der Waals surface area contributed by atoms with Crippen molar-refractivity contribution in [2.45, 2.75) is 25.6 Å². The molecule has 0 atom stereocenters. The standard InChI is InChI=1S/C28H23F4N5O2/c1-27(2,39)17-9-12-37-23(13-17)33-24(16-7-5-4-6-8-16)25(37)34-26(38)19-14-18(22-10-11-36(3)35-22)20(15-21(19)29)28(30,31)32/h4-15,39H,1-3H3,(H,34,38). The molecule has 3 heterocycles. The second-order valence-corrected chi connectivity index (χ2v) is 9.58. The molecular formula is C28H23F4N5O2. The number of imidazole rings is 1. The molecule has 0 aliphatic heterocycles. The fourth-order valence-corrected chi connectivity index (χ4v) is 4.27. The number of aromatic nitrogens is 4. The smallest absolute Gasteiger partial charge is 0.386 e. The number of rotatable bonds is 5. The van der Waals surface area contributed by atoms with Gasteiger partial charge >= 0.3 is 6.18 Å². The van der Waals surface area contributed by atoms with E-state index in [9.17, 15) is 23.1 Å². The van der Waals surface area contributed by atoms with E-state index in [-0.39, 0.29) is 11.5 Å². The minimum Gasteiger partial charge on any atom is -0.386 e. The number of alkyl halides is 3. The van der Waals surface area contributed by atoms with Crippen LogP contribution < -0.4 is 5.32 Å². The number of benzene rings is 2. The topological polar surface area (TPSA) is 84.5 Å². The summed E-state index contributed by atoms with van der Waals surface area (Å²) in [5.41, 5.74) is -1.51. The maximum atomic E-state index is 15.0. The van der Waals surface area contributed by atoms with Crippen LogP contribution in [0, 0.1) is 5.82 Å². The number of aliphatic hydroxyl groups is 1. The summed E-state index contributed by atoms with van der Waals surface area (Å²) in [6.07, 6.45) is -1.83. The summed E-state index contributed by atoms with van der Waals surface area (Å²) in [5.74, 6) is -2.12. The highest BCUT2D eigenvalue weighted by Crippen LogP contribution is 2.38. The van der Waals surface area contributed by atoms with Gasteiger partial charge in [0.25, 0.3) is 5.91 Å². The lowest BCUT2D eigenvalue weighted by Gasteiger charge is -2.17. The van der Waals surface area contributed by atoms with E-state index in [2.05, 4.69) is 15.4 Å². The van der Waals surface area contributed by atoms with Gasteiger partial charge in [-0.25, -0.2) is 9.37 Å². The Morgan fingerprint density at radius 1 is 1.00 bits per heavy atom. The number of aryl methyl sites for hydroxylation is 1. The zero-order valence-corrected chi connectivity index (χ0v) is 21.1. The van der Waals surface area contributed by atoms with Crippen LogP contribution in [-0.2, 0) is 18.8 Å². The van der Waals surface area contributed by atoms with Crippen molar-refractivity contribution in [2.75, 3.05) is 5.32 Å². The SMILES string of the molecule is Cn1ccc(-c2cc(C(=O)Nc3c(-c4ccccc4)nc4cc(C(C)(C)O)ccn34)c(F)cc2C(F)(F)F)n1. The van der Waals surface area contributed by atoms with Gasteiger partial charge in [0, 0.05) is 30.6 Å². The maximum absolute atomic E-state index is 15.0. The molecular weight excluding hydrogens is 514 g/mol. The average molecular weight is 538 g/mol. The molecule has 0 aliphatic rings. The quantitative estimate of drug-likeness (QED) is 0.268. The number of carbonyl (C=O) groups is 1. The first kappa shape index (κ1) is 26.1. The third-order valence-electron chi connectivity index (χ3n) is 6.26. The molecule has 0 radical (unpaired) electrons. The van der Waals surface area contributed by atoms with Crippen LogP contribution in [0.3, 0.4) is 0 Å². The normalized spacial score (nSPS) is 12.2. The van der Waals surface area contributed by atoms with Crippen LogP contribution in [0.2, 0.25) is 0 Å². The van der Waals surface area contributed by atoms with Crippen LogP contribution >= 0.6 is 0 Å². The molecule has 2 aromatic carbocycles. The molecule has 200 valence electrons. The Morgan fingerprint density at radius 2 is 1.72 bits per heavy atom. The largest absolute Gasteiger partial charge is 0.417 e. The Kier molecular flexibility index (Phi) is 6.26. The molecule has 0 unspecified atom stereocenters. The highest BCUT2D eigenvalue weighted by atomic mass is 19.4. The van der Waals surface area contributed by atoms with Gasteiger partial charge in [0.15, 0.2) is 0 Å². The summed E-state index contributed by atoms with van der Waals surface area (Å²) in [7, 11) is 1.53. The number of amides is 1. The molecule has 0 spiro atoms. The molecule has 0 saturated heterocycles. The van der Waals surface area contributed by atoms with Gasteiger partial charge in [-0.15, -0.1) is 0 Å². The molecule has 39 heavy (non-hydrogen) atoms. The Hall–Kier alpha value is -4.51. The van der Waals surface area contributed by atoms with Gasteiger partial charge < -0.3 is 10.4 Å². The molecule has 5 rings (SSSR count). The highest BCUT2D eigenvalue weighted by molar-refractivity contribution is 6.06. The van der Waals surface area contributed by atoms with Gasteiger partial charge in [0.05, 0.1) is 22.4 Å². The predicted molar refractivity (Wildman–Crippen MR) is 137 cm³/mol. The average Bonchev–Trinajstić information content (AvgIpc) is 3.46. The molecule has 1 amide bonds. The summed E-state index contributed by atoms with van der Waals surface area (Å²) in [5, 5.41) is 17.1. The molecule has 0 bridgehead atoms. The van der Waals surface area contributed by atoms with Crippen molar-refractivity contribution in [3.8, 4) is 22.5 Å². The molecule has 0 fully saturated rings. The van der Waals surface area contributed by atoms with Crippen LogP contribution in [0.4, 0.5) is 23.4 Å². The molecule has 2 N–H and O–H groups in total. The molecule has 5 aromatic rings. The van der Waals surface area contributed by atoms with Crippen molar-refractivity contribution in [1.29, 1.82) is 0 Å². The Bertz CT molecular complexity index is 1700. The van der Waals surface area contributed by atoms with Crippen molar-refractivity contribution in [2.24, 2.45) is 7.05 Å². The first-order chi connectivity index (χ1) is 18.3. The van der Waals surface area contributed by atoms with Gasteiger partial charge in [-0.1, -0.05) is 30.3 Å². The first-order valence-corrected chi connectivity index (χ1v) is 11.9. The fourth-order valence-electron chi connectivity index (χ4n) is 4.27. The lowest BCUT2D eigenvalue weighted by Crippen LogP contribution is -2.18. The predicted octanol–water partition coefficient (Wildman–Crippen LogP) is 6.04. The van der Waals surface area contributed by atoms with Crippen molar-refractivity contribution < 1.29 is 27.5 Å². The van der Waals surface area contributed by atoms with Crippen LogP contribution in [0.5, 0.6) is 0 Å².